The Bertz CT molecular complexity index is 509. The molecule has 0 bridgehead atoms. The fourth-order valence-electron chi connectivity index (χ4n) is 1.96. The van der Waals surface area contributed by atoms with Gasteiger partial charge in [0, 0.05) is 3.57 Å². The lowest BCUT2D eigenvalue weighted by Crippen LogP contribution is -2.23. The summed E-state index contributed by atoms with van der Waals surface area (Å²) in [7, 11) is 0. The van der Waals surface area contributed by atoms with Gasteiger partial charge in [0.15, 0.2) is 5.22 Å². The van der Waals surface area contributed by atoms with E-state index < -0.39 is 0 Å². The van der Waals surface area contributed by atoms with Gasteiger partial charge in [0.1, 0.15) is 5.76 Å². The molecule has 2 rings (SSSR count). The second-order valence-electron chi connectivity index (χ2n) is 4.48. The highest BCUT2D eigenvalue weighted by Gasteiger charge is 2.15. The zero-order valence-electron chi connectivity index (χ0n) is 10.8. The first-order chi connectivity index (χ1) is 9.19. The maximum atomic E-state index is 5.87. The lowest BCUT2D eigenvalue weighted by Gasteiger charge is -2.16. The zero-order valence-corrected chi connectivity index (χ0v) is 13.7. The van der Waals surface area contributed by atoms with Crippen molar-refractivity contribution in [2.45, 2.75) is 25.8 Å². The smallest absolute Gasteiger partial charge is 0.193 e. The van der Waals surface area contributed by atoms with Gasteiger partial charge in [0.25, 0.3) is 0 Å². The van der Waals surface area contributed by atoms with Gasteiger partial charge >= 0.3 is 0 Å². The van der Waals surface area contributed by atoms with Crippen LogP contribution in [0.2, 0.25) is 5.22 Å². The minimum absolute atomic E-state index is 0.174. The molecule has 0 aliphatic rings. The highest BCUT2D eigenvalue weighted by atomic mass is 127. The predicted molar refractivity (Wildman–Crippen MR) is 87.6 cm³/mol. The lowest BCUT2D eigenvalue weighted by molar-refractivity contribution is 0.411. The summed E-state index contributed by atoms with van der Waals surface area (Å²) in [5, 5.41) is 3.95. The Kier molecular flexibility index (Phi) is 5.73. The van der Waals surface area contributed by atoms with E-state index in [4.69, 9.17) is 16.0 Å². The van der Waals surface area contributed by atoms with Crippen molar-refractivity contribution in [3.63, 3.8) is 0 Å². The molecule has 0 saturated heterocycles. The standard InChI is InChI=1S/C15H17ClINO/c1-2-9-18-13(14-7-8-15(16)19-14)10-11-3-5-12(17)6-4-11/h3-8,13,18H,2,9-10H2,1H3. The summed E-state index contributed by atoms with van der Waals surface area (Å²) in [5.74, 6) is 0.900. The van der Waals surface area contributed by atoms with Crippen molar-refractivity contribution in [2.75, 3.05) is 6.54 Å². The van der Waals surface area contributed by atoms with Crippen molar-refractivity contribution in [3.05, 3.63) is 56.5 Å². The van der Waals surface area contributed by atoms with E-state index in [-0.39, 0.29) is 6.04 Å². The summed E-state index contributed by atoms with van der Waals surface area (Å²) >= 11 is 8.18. The Morgan fingerprint density at radius 2 is 1.95 bits per heavy atom. The molecule has 1 N–H and O–H groups in total. The molecule has 0 fully saturated rings. The van der Waals surface area contributed by atoms with Crippen LogP contribution < -0.4 is 5.32 Å². The van der Waals surface area contributed by atoms with Crippen molar-refractivity contribution >= 4 is 34.2 Å². The molecule has 2 aromatic rings. The van der Waals surface area contributed by atoms with Crippen molar-refractivity contribution in [1.29, 1.82) is 0 Å². The van der Waals surface area contributed by atoms with Crippen LogP contribution in [0, 0.1) is 3.57 Å². The fourth-order valence-corrected chi connectivity index (χ4v) is 2.48. The van der Waals surface area contributed by atoms with Gasteiger partial charge in [0.05, 0.1) is 6.04 Å². The molecule has 1 aromatic carbocycles. The number of rotatable bonds is 6. The van der Waals surface area contributed by atoms with Crippen molar-refractivity contribution in [3.8, 4) is 0 Å². The Morgan fingerprint density at radius 1 is 1.21 bits per heavy atom. The molecule has 2 nitrogen and oxygen atoms in total. The number of nitrogens with one attached hydrogen (secondary N) is 1. The first-order valence-corrected chi connectivity index (χ1v) is 7.87. The van der Waals surface area contributed by atoms with Crippen LogP contribution in [-0.4, -0.2) is 6.54 Å². The maximum Gasteiger partial charge on any atom is 0.193 e. The molecule has 0 amide bonds. The van der Waals surface area contributed by atoms with Crippen LogP contribution in [0.4, 0.5) is 0 Å². The Hall–Kier alpha value is -0.520. The Balaban J connectivity index is 2.11. The van der Waals surface area contributed by atoms with Gasteiger partial charge in [-0.2, -0.15) is 0 Å². The normalized spacial score (nSPS) is 12.6. The third kappa shape index (κ3) is 4.51. The van der Waals surface area contributed by atoms with E-state index in [1.54, 1.807) is 6.07 Å². The van der Waals surface area contributed by atoms with E-state index in [1.807, 2.05) is 6.07 Å². The van der Waals surface area contributed by atoms with Crippen LogP contribution >= 0.6 is 34.2 Å². The maximum absolute atomic E-state index is 5.87. The second-order valence-corrected chi connectivity index (χ2v) is 6.10. The lowest BCUT2D eigenvalue weighted by atomic mass is 10.0. The third-order valence-electron chi connectivity index (χ3n) is 2.93. The van der Waals surface area contributed by atoms with Crippen LogP contribution in [0.15, 0.2) is 40.8 Å². The van der Waals surface area contributed by atoms with Gasteiger partial charge in [-0.1, -0.05) is 19.1 Å². The number of hydrogen-bond acceptors (Lipinski definition) is 2. The first kappa shape index (κ1) is 14.9. The molecule has 4 heteroatoms. The molecular weight excluding hydrogens is 373 g/mol. The van der Waals surface area contributed by atoms with Crippen molar-refractivity contribution in [2.24, 2.45) is 0 Å². The quantitative estimate of drug-likeness (QED) is 0.717. The molecule has 1 atom stereocenters. The summed E-state index contributed by atoms with van der Waals surface area (Å²) in [6.07, 6.45) is 2.00. The van der Waals surface area contributed by atoms with Gasteiger partial charge in [-0.25, -0.2) is 0 Å². The Labute approximate surface area is 132 Å². The van der Waals surface area contributed by atoms with Gasteiger partial charge in [-0.15, -0.1) is 0 Å². The van der Waals surface area contributed by atoms with E-state index in [0.717, 1.165) is 25.1 Å². The molecule has 1 aromatic heterocycles. The minimum Gasteiger partial charge on any atom is -0.448 e. The zero-order chi connectivity index (χ0) is 13.7. The SMILES string of the molecule is CCCNC(Cc1ccc(I)cc1)c1ccc(Cl)o1. The van der Waals surface area contributed by atoms with Gasteiger partial charge < -0.3 is 9.73 Å². The molecule has 0 spiro atoms. The minimum atomic E-state index is 0.174. The monoisotopic (exact) mass is 389 g/mol. The number of benzene rings is 1. The van der Waals surface area contributed by atoms with Crippen molar-refractivity contribution < 1.29 is 4.42 Å². The van der Waals surface area contributed by atoms with Crippen molar-refractivity contribution in [1.82, 2.24) is 5.32 Å². The van der Waals surface area contributed by atoms with E-state index in [9.17, 15) is 0 Å². The molecular formula is C15H17ClINO. The molecule has 19 heavy (non-hydrogen) atoms. The van der Waals surface area contributed by atoms with Crippen LogP contribution in [0.3, 0.4) is 0 Å². The van der Waals surface area contributed by atoms with Crippen LogP contribution in [0.5, 0.6) is 0 Å². The van der Waals surface area contributed by atoms with E-state index in [2.05, 4.69) is 59.1 Å². The molecule has 0 radical (unpaired) electrons. The molecule has 0 aliphatic heterocycles. The summed E-state index contributed by atoms with van der Waals surface area (Å²) in [5.41, 5.74) is 1.29. The van der Waals surface area contributed by atoms with E-state index in [1.165, 1.54) is 9.13 Å². The largest absolute Gasteiger partial charge is 0.448 e. The Morgan fingerprint density at radius 3 is 2.53 bits per heavy atom. The molecule has 0 aliphatic carbocycles. The van der Waals surface area contributed by atoms with E-state index >= 15 is 0 Å². The first-order valence-electron chi connectivity index (χ1n) is 6.42. The van der Waals surface area contributed by atoms with Gasteiger partial charge in [-0.3, -0.25) is 0 Å². The van der Waals surface area contributed by atoms with Gasteiger partial charge in [-0.05, 0) is 83.4 Å². The topological polar surface area (TPSA) is 25.2 Å². The highest BCUT2D eigenvalue weighted by Crippen LogP contribution is 2.23. The summed E-state index contributed by atoms with van der Waals surface area (Å²) < 4.78 is 6.79. The average Bonchev–Trinajstić information content (AvgIpc) is 2.83. The summed E-state index contributed by atoms with van der Waals surface area (Å²) in [6.45, 7) is 3.12. The van der Waals surface area contributed by atoms with E-state index in [0.29, 0.717) is 5.22 Å². The molecule has 1 heterocycles. The predicted octanol–water partition coefficient (Wildman–Crippen LogP) is 4.82. The molecule has 1 unspecified atom stereocenters. The van der Waals surface area contributed by atoms with Gasteiger partial charge in [0.2, 0.25) is 0 Å². The average molecular weight is 390 g/mol. The summed E-state index contributed by atoms with van der Waals surface area (Å²) in [4.78, 5) is 0. The fraction of sp³-hybridized carbons (Fsp3) is 0.333. The second kappa shape index (κ2) is 7.31. The number of furan rings is 1. The number of halogens is 2. The van der Waals surface area contributed by atoms with Crippen LogP contribution in [0.1, 0.15) is 30.7 Å². The summed E-state index contributed by atoms with van der Waals surface area (Å²) in [6, 6.07) is 12.5. The molecule has 0 saturated carbocycles. The molecule has 102 valence electrons. The number of hydrogen-bond donors (Lipinski definition) is 1. The van der Waals surface area contributed by atoms with Crippen LogP contribution in [0.25, 0.3) is 0 Å². The third-order valence-corrected chi connectivity index (χ3v) is 3.85. The van der Waals surface area contributed by atoms with Crippen LogP contribution in [-0.2, 0) is 6.42 Å². The highest BCUT2D eigenvalue weighted by molar-refractivity contribution is 14.1.